The molecular formula is C21H25N3S. The molecule has 3 nitrogen and oxygen atoms in total. The average Bonchev–Trinajstić information content (AvgIpc) is 3.08. The molecule has 0 bridgehead atoms. The van der Waals surface area contributed by atoms with Crippen LogP contribution < -0.4 is 5.32 Å². The van der Waals surface area contributed by atoms with Crippen molar-refractivity contribution in [3.05, 3.63) is 41.5 Å². The van der Waals surface area contributed by atoms with Crippen LogP contribution in [0.4, 0.5) is 5.82 Å². The van der Waals surface area contributed by atoms with Crippen LogP contribution in [0.5, 0.6) is 0 Å². The maximum Gasteiger partial charge on any atom is 0.139 e. The molecule has 0 atom stereocenters. The third kappa shape index (κ3) is 3.40. The Bertz CT molecular complexity index is 845. The van der Waals surface area contributed by atoms with Gasteiger partial charge in [0.05, 0.1) is 5.39 Å². The summed E-state index contributed by atoms with van der Waals surface area (Å²) in [7, 11) is 0. The Labute approximate surface area is 153 Å². The molecule has 0 saturated heterocycles. The predicted molar refractivity (Wildman–Crippen MR) is 107 cm³/mol. The molecule has 130 valence electrons. The lowest BCUT2D eigenvalue weighted by Gasteiger charge is -2.23. The number of hydrogen-bond acceptors (Lipinski definition) is 4. The fourth-order valence-corrected chi connectivity index (χ4v) is 4.60. The van der Waals surface area contributed by atoms with Crippen molar-refractivity contribution >= 4 is 27.4 Å². The monoisotopic (exact) mass is 351 g/mol. The maximum atomic E-state index is 4.59. The third-order valence-electron chi connectivity index (χ3n) is 5.20. The van der Waals surface area contributed by atoms with Gasteiger partial charge in [-0.1, -0.05) is 57.4 Å². The average molecular weight is 352 g/mol. The summed E-state index contributed by atoms with van der Waals surface area (Å²) in [5, 5.41) is 7.10. The summed E-state index contributed by atoms with van der Waals surface area (Å²) < 4.78 is 0. The van der Waals surface area contributed by atoms with Gasteiger partial charge in [0.1, 0.15) is 17.0 Å². The molecule has 1 saturated carbocycles. The van der Waals surface area contributed by atoms with E-state index in [-0.39, 0.29) is 0 Å². The smallest absolute Gasteiger partial charge is 0.139 e. The van der Waals surface area contributed by atoms with E-state index in [1.165, 1.54) is 54.2 Å². The Balaban J connectivity index is 1.71. The van der Waals surface area contributed by atoms with Crippen molar-refractivity contribution in [1.82, 2.24) is 9.97 Å². The van der Waals surface area contributed by atoms with Crippen LogP contribution in [0.3, 0.4) is 0 Å². The Morgan fingerprint density at radius 3 is 2.52 bits per heavy atom. The zero-order valence-corrected chi connectivity index (χ0v) is 15.8. The van der Waals surface area contributed by atoms with Gasteiger partial charge in [0.2, 0.25) is 0 Å². The van der Waals surface area contributed by atoms with E-state index in [1.54, 1.807) is 17.7 Å². The molecule has 3 aromatic rings. The molecule has 1 fully saturated rings. The lowest BCUT2D eigenvalue weighted by Crippen LogP contribution is -2.22. The topological polar surface area (TPSA) is 37.8 Å². The molecule has 1 N–H and O–H groups in total. The lowest BCUT2D eigenvalue weighted by atomic mass is 9.95. The summed E-state index contributed by atoms with van der Waals surface area (Å²) >= 11 is 1.70. The second kappa shape index (κ2) is 7.12. The first kappa shape index (κ1) is 16.5. The second-order valence-corrected chi connectivity index (χ2v) is 8.17. The number of benzene rings is 1. The summed E-state index contributed by atoms with van der Waals surface area (Å²) in [6.07, 6.45) is 8.18. The van der Waals surface area contributed by atoms with Crippen LogP contribution in [-0.4, -0.2) is 16.0 Å². The fourth-order valence-electron chi connectivity index (χ4n) is 3.68. The second-order valence-electron chi connectivity index (χ2n) is 7.31. The Kier molecular flexibility index (Phi) is 4.71. The molecule has 0 amide bonds. The molecule has 1 aromatic carbocycles. The normalized spacial score (nSPS) is 15.8. The van der Waals surface area contributed by atoms with Crippen molar-refractivity contribution in [2.45, 2.75) is 57.9 Å². The Hall–Kier alpha value is -1.94. The molecule has 4 rings (SSSR count). The maximum absolute atomic E-state index is 4.59. The minimum absolute atomic E-state index is 0.544. The van der Waals surface area contributed by atoms with Gasteiger partial charge in [-0.15, -0.1) is 11.3 Å². The zero-order valence-electron chi connectivity index (χ0n) is 15.0. The van der Waals surface area contributed by atoms with Crippen molar-refractivity contribution in [2.75, 3.05) is 5.32 Å². The minimum Gasteiger partial charge on any atom is -0.367 e. The van der Waals surface area contributed by atoms with E-state index in [2.05, 4.69) is 58.8 Å². The standard InChI is InChI=1S/C21H25N3S/c1-14(2)15-8-10-16(11-9-15)18-12-25-21-19(18)20(22-13-23-21)24-17-6-4-3-5-7-17/h8-14,17H,3-7H2,1-2H3,(H,22,23,24). The van der Waals surface area contributed by atoms with Gasteiger partial charge in [-0.05, 0) is 29.9 Å². The molecule has 25 heavy (non-hydrogen) atoms. The molecule has 0 unspecified atom stereocenters. The number of rotatable bonds is 4. The predicted octanol–water partition coefficient (Wildman–Crippen LogP) is 6.23. The van der Waals surface area contributed by atoms with Crippen LogP contribution in [0, 0.1) is 0 Å². The van der Waals surface area contributed by atoms with Crippen molar-refractivity contribution in [1.29, 1.82) is 0 Å². The molecule has 1 aliphatic rings. The largest absolute Gasteiger partial charge is 0.367 e. The van der Waals surface area contributed by atoms with Gasteiger partial charge in [0, 0.05) is 17.0 Å². The highest BCUT2D eigenvalue weighted by Gasteiger charge is 2.18. The number of thiophene rings is 1. The summed E-state index contributed by atoms with van der Waals surface area (Å²) in [6, 6.07) is 9.48. The van der Waals surface area contributed by atoms with Gasteiger partial charge in [-0.3, -0.25) is 0 Å². The van der Waals surface area contributed by atoms with E-state index in [9.17, 15) is 0 Å². The first-order valence-corrected chi connectivity index (χ1v) is 10.2. The van der Waals surface area contributed by atoms with E-state index in [0.29, 0.717) is 12.0 Å². The minimum atomic E-state index is 0.544. The number of nitrogens with zero attached hydrogens (tertiary/aromatic N) is 2. The van der Waals surface area contributed by atoms with E-state index >= 15 is 0 Å². The number of aromatic nitrogens is 2. The van der Waals surface area contributed by atoms with E-state index in [4.69, 9.17) is 0 Å². The van der Waals surface area contributed by atoms with E-state index in [1.807, 2.05) is 0 Å². The van der Waals surface area contributed by atoms with Crippen molar-refractivity contribution < 1.29 is 0 Å². The van der Waals surface area contributed by atoms with Crippen LogP contribution in [-0.2, 0) is 0 Å². The Morgan fingerprint density at radius 2 is 1.80 bits per heavy atom. The van der Waals surface area contributed by atoms with Crippen LogP contribution in [0.1, 0.15) is 57.4 Å². The van der Waals surface area contributed by atoms with Gasteiger partial charge >= 0.3 is 0 Å². The number of fused-ring (bicyclic) bond motifs is 1. The molecule has 2 heterocycles. The molecule has 1 aliphatic carbocycles. The third-order valence-corrected chi connectivity index (χ3v) is 6.09. The van der Waals surface area contributed by atoms with Crippen molar-refractivity contribution in [2.24, 2.45) is 0 Å². The van der Waals surface area contributed by atoms with Crippen LogP contribution in [0.15, 0.2) is 36.0 Å². The summed E-state index contributed by atoms with van der Waals surface area (Å²) in [6.45, 7) is 4.46. The fraction of sp³-hybridized carbons (Fsp3) is 0.429. The molecule has 4 heteroatoms. The first-order valence-electron chi connectivity index (χ1n) is 9.31. The van der Waals surface area contributed by atoms with Gasteiger partial charge in [-0.2, -0.15) is 0 Å². The van der Waals surface area contributed by atoms with Gasteiger partial charge in [0.25, 0.3) is 0 Å². The number of hydrogen-bond donors (Lipinski definition) is 1. The van der Waals surface area contributed by atoms with Crippen LogP contribution in [0.2, 0.25) is 0 Å². The summed E-state index contributed by atoms with van der Waals surface area (Å²) in [4.78, 5) is 10.1. The first-order chi connectivity index (χ1) is 12.2. The van der Waals surface area contributed by atoms with E-state index < -0.39 is 0 Å². The number of nitrogens with one attached hydrogen (secondary N) is 1. The Morgan fingerprint density at radius 1 is 1.04 bits per heavy atom. The van der Waals surface area contributed by atoms with Gasteiger partial charge < -0.3 is 5.32 Å². The highest BCUT2D eigenvalue weighted by Crippen LogP contribution is 2.37. The highest BCUT2D eigenvalue weighted by molar-refractivity contribution is 7.17. The molecule has 0 radical (unpaired) electrons. The highest BCUT2D eigenvalue weighted by atomic mass is 32.1. The van der Waals surface area contributed by atoms with Crippen LogP contribution >= 0.6 is 11.3 Å². The number of anilines is 1. The van der Waals surface area contributed by atoms with Crippen LogP contribution in [0.25, 0.3) is 21.3 Å². The summed E-state index contributed by atoms with van der Waals surface area (Å²) in [5.74, 6) is 1.56. The van der Waals surface area contributed by atoms with Gasteiger partial charge in [0.15, 0.2) is 0 Å². The van der Waals surface area contributed by atoms with Crippen molar-refractivity contribution in [3.63, 3.8) is 0 Å². The molecule has 2 aromatic heterocycles. The molecule has 0 spiro atoms. The van der Waals surface area contributed by atoms with Gasteiger partial charge in [-0.25, -0.2) is 9.97 Å². The SMILES string of the molecule is CC(C)c1ccc(-c2csc3ncnc(NC4CCCCC4)c23)cc1. The quantitative estimate of drug-likeness (QED) is 0.606. The van der Waals surface area contributed by atoms with Crippen molar-refractivity contribution in [3.8, 4) is 11.1 Å². The molecular weight excluding hydrogens is 326 g/mol. The molecule has 0 aliphatic heterocycles. The zero-order chi connectivity index (χ0) is 17.2. The summed E-state index contributed by atoms with van der Waals surface area (Å²) in [5.41, 5.74) is 3.87. The van der Waals surface area contributed by atoms with E-state index in [0.717, 1.165) is 10.6 Å². The lowest BCUT2D eigenvalue weighted by molar-refractivity contribution is 0.462.